The molecule has 1 aromatic carbocycles. The van der Waals surface area contributed by atoms with E-state index < -0.39 is 10.4 Å². The second-order valence-corrected chi connectivity index (χ2v) is 8.91. The summed E-state index contributed by atoms with van der Waals surface area (Å²) < 4.78 is 36.3. The van der Waals surface area contributed by atoms with E-state index in [-0.39, 0.29) is 47.7 Å². The molecule has 5 nitrogen and oxygen atoms in total. The van der Waals surface area contributed by atoms with Gasteiger partial charge in [0, 0.05) is 11.3 Å². The fourth-order valence-electron chi connectivity index (χ4n) is 5.22. The molecule has 0 aliphatic heterocycles. The Morgan fingerprint density at radius 3 is 2.81 bits per heavy atom. The molecule has 0 spiro atoms. The Morgan fingerprint density at radius 1 is 1.31 bits per heavy atom. The molecule has 3 aliphatic carbocycles. The molecule has 2 fully saturated rings. The van der Waals surface area contributed by atoms with Gasteiger partial charge in [-0.1, -0.05) is 36.8 Å². The number of benzene rings is 1. The largest absolute Gasteiger partial charge is 1.00 e. The summed E-state index contributed by atoms with van der Waals surface area (Å²) in [6.07, 6.45) is 6.92. The number of aliphatic hydroxyl groups excluding tert-OH is 1. The van der Waals surface area contributed by atoms with Crippen LogP contribution in [0, 0.1) is 11.3 Å². The minimum Gasteiger partial charge on any atom is -0.726 e. The number of hydrogen-bond donors (Lipinski definition) is 1. The zero-order valence-electron chi connectivity index (χ0n) is 15.3. The average Bonchev–Trinajstić information content (AvgIpc) is 2.87. The fourth-order valence-corrected chi connectivity index (χ4v) is 5.50. The SMILES string of the molecule is C[C@]12CC[C@H]3C(=CCc4cc(COS(=O)(=O)[O-])ccc43)[C@@H]1CC[C@@H]2O.[Na+]. The van der Waals surface area contributed by atoms with E-state index in [1.165, 1.54) is 16.7 Å². The van der Waals surface area contributed by atoms with Gasteiger partial charge in [-0.15, -0.1) is 0 Å². The summed E-state index contributed by atoms with van der Waals surface area (Å²) in [5.74, 6) is 0.855. The zero-order valence-corrected chi connectivity index (χ0v) is 18.1. The van der Waals surface area contributed by atoms with Crippen molar-refractivity contribution in [2.45, 2.75) is 57.7 Å². The topological polar surface area (TPSA) is 86.7 Å². The predicted molar refractivity (Wildman–Crippen MR) is 91.5 cm³/mol. The smallest absolute Gasteiger partial charge is 0.726 e. The number of allylic oxidation sites excluding steroid dienone is 2. The van der Waals surface area contributed by atoms with Crippen molar-refractivity contribution in [2.24, 2.45) is 11.3 Å². The zero-order chi connectivity index (χ0) is 17.8. The second kappa shape index (κ2) is 7.32. The van der Waals surface area contributed by atoms with Crippen LogP contribution in [0.15, 0.2) is 29.8 Å². The van der Waals surface area contributed by atoms with E-state index in [0.717, 1.165) is 32.1 Å². The van der Waals surface area contributed by atoms with Crippen molar-refractivity contribution >= 4 is 10.4 Å². The first-order chi connectivity index (χ1) is 11.8. The molecule has 4 rings (SSSR count). The first-order valence-corrected chi connectivity index (χ1v) is 10.2. The monoisotopic (exact) mass is 386 g/mol. The van der Waals surface area contributed by atoms with Crippen molar-refractivity contribution in [1.82, 2.24) is 0 Å². The van der Waals surface area contributed by atoms with E-state index in [1.54, 1.807) is 0 Å². The summed E-state index contributed by atoms with van der Waals surface area (Å²) in [5.41, 5.74) is 4.67. The van der Waals surface area contributed by atoms with Gasteiger partial charge >= 0.3 is 29.6 Å². The second-order valence-electron chi connectivity index (χ2n) is 7.85. The van der Waals surface area contributed by atoms with Crippen LogP contribution in [0.4, 0.5) is 0 Å². The molecule has 1 N–H and O–H groups in total. The Balaban J connectivity index is 0.00000196. The molecule has 4 atom stereocenters. The molecule has 0 aromatic heterocycles. The molecule has 0 radical (unpaired) electrons. The molecule has 0 bridgehead atoms. The van der Waals surface area contributed by atoms with Gasteiger partial charge in [0.25, 0.3) is 0 Å². The van der Waals surface area contributed by atoms with Gasteiger partial charge in [0.15, 0.2) is 0 Å². The van der Waals surface area contributed by atoms with Crippen LogP contribution in [0.3, 0.4) is 0 Å². The van der Waals surface area contributed by atoms with Gasteiger partial charge in [-0.2, -0.15) is 0 Å². The van der Waals surface area contributed by atoms with Crippen molar-refractivity contribution < 1.29 is 51.8 Å². The number of rotatable bonds is 3. The minimum absolute atomic E-state index is 0. The molecule has 0 heterocycles. The van der Waals surface area contributed by atoms with Crippen LogP contribution < -0.4 is 29.6 Å². The van der Waals surface area contributed by atoms with Gasteiger partial charge in [-0.05, 0) is 54.7 Å². The Morgan fingerprint density at radius 2 is 2.08 bits per heavy atom. The third kappa shape index (κ3) is 3.58. The maximum atomic E-state index is 10.6. The van der Waals surface area contributed by atoms with Crippen molar-refractivity contribution in [3.63, 3.8) is 0 Å². The van der Waals surface area contributed by atoms with E-state index in [9.17, 15) is 18.1 Å². The summed E-state index contributed by atoms with van der Waals surface area (Å²) in [5, 5.41) is 10.4. The molecular weight excluding hydrogens is 363 g/mol. The molecule has 7 heteroatoms. The molecule has 1 aromatic rings. The Kier molecular flexibility index (Phi) is 5.78. The molecule has 136 valence electrons. The van der Waals surface area contributed by atoms with E-state index in [0.29, 0.717) is 17.4 Å². The molecule has 0 unspecified atom stereocenters. The van der Waals surface area contributed by atoms with Gasteiger partial charge < -0.3 is 9.66 Å². The third-order valence-corrected chi connectivity index (χ3v) is 6.98. The van der Waals surface area contributed by atoms with Crippen molar-refractivity contribution in [3.05, 3.63) is 46.5 Å². The predicted octanol–water partition coefficient (Wildman–Crippen LogP) is -0.195. The molecule has 0 amide bonds. The van der Waals surface area contributed by atoms with Gasteiger partial charge in [0.1, 0.15) is 0 Å². The van der Waals surface area contributed by atoms with Crippen LogP contribution in [-0.2, 0) is 27.6 Å². The van der Waals surface area contributed by atoms with Crippen LogP contribution >= 0.6 is 0 Å². The summed E-state index contributed by atoms with van der Waals surface area (Å²) in [6.45, 7) is 2.01. The van der Waals surface area contributed by atoms with Crippen molar-refractivity contribution in [3.8, 4) is 0 Å². The van der Waals surface area contributed by atoms with Crippen molar-refractivity contribution in [2.75, 3.05) is 0 Å². The minimum atomic E-state index is -4.67. The number of fused-ring (bicyclic) bond motifs is 5. The van der Waals surface area contributed by atoms with E-state index >= 15 is 0 Å². The summed E-state index contributed by atoms with van der Waals surface area (Å²) in [6, 6.07) is 5.85. The average molecular weight is 386 g/mol. The Labute approximate surface area is 177 Å². The molecule has 26 heavy (non-hydrogen) atoms. The summed E-state index contributed by atoms with van der Waals surface area (Å²) >= 11 is 0. The van der Waals surface area contributed by atoms with Gasteiger partial charge in [-0.25, -0.2) is 8.42 Å². The van der Waals surface area contributed by atoms with Crippen LogP contribution in [0.25, 0.3) is 0 Å². The van der Waals surface area contributed by atoms with Gasteiger partial charge in [0.2, 0.25) is 10.4 Å². The van der Waals surface area contributed by atoms with Gasteiger partial charge in [0.05, 0.1) is 12.7 Å². The normalized spacial score (nSPS) is 32.7. The first kappa shape index (κ1) is 20.5. The number of aliphatic hydroxyl groups is 1. The Hall–Kier alpha value is -0.210. The van der Waals surface area contributed by atoms with E-state index in [1.807, 2.05) is 12.1 Å². The van der Waals surface area contributed by atoms with E-state index in [2.05, 4.69) is 23.2 Å². The molecule has 0 saturated heterocycles. The molecule has 2 saturated carbocycles. The summed E-state index contributed by atoms with van der Waals surface area (Å²) in [7, 11) is -4.67. The maximum absolute atomic E-state index is 10.6. The standard InChI is InChI=1S/C19H24O5S.Na/c1-19-9-8-15-14-4-2-12(11-24-25(21,22)23)10-13(14)3-5-16(15)17(19)6-7-18(19)20;/h2,4-5,10,15,17-18,20H,3,6-9,11H2,1H3,(H,21,22,23);/q;+1/p-1/t15-,17+,18+,19+;/m1./s1. The van der Waals surface area contributed by atoms with Crippen LogP contribution in [-0.4, -0.2) is 24.2 Å². The summed E-state index contributed by atoms with van der Waals surface area (Å²) in [4.78, 5) is 0. The first-order valence-electron chi connectivity index (χ1n) is 8.88. The van der Waals surface area contributed by atoms with Crippen LogP contribution in [0.5, 0.6) is 0 Å². The quantitative estimate of drug-likeness (QED) is 0.337. The van der Waals surface area contributed by atoms with Crippen molar-refractivity contribution in [1.29, 1.82) is 0 Å². The van der Waals surface area contributed by atoms with Gasteiger partial charge in [-0.3, -0.25) is 4.18 Å². The molecular formula is C19H23NaO5S. The van der Waals surface area contributed by atoms with E-state index in [4.69, 9.17) is 0 Å². The molecule has 3 aliphatic rings. The van der Waals surface area contributed by atoms with Crippen LogP contribution in [0.2, 0.25) is 0 Å². The maximum Gasteiger partial charge on any atom is 1.00 e. The number of hydrogen-bond acceptors (Lipinski definition) is 5. The third-order valence-electron chi connectivity index (χ3n) is 6.57. The van der Waals surface area contributed by atoms with Crippen LogP contribution in [0.1, 0.15) is 55.2 Å². The Bertz CT molecular complexity index is 834. The fraction of sp³-hybridized carbons (Fsp3) is 0.579.